The van der Waals surface area contributed by atoms with Gasteiger partial charge < -0.3 is 0 Å². The summed E-state index contributed by atoms with van der Waals surface area (Å²) in [5, 5.41) is 4.35. The van der Waals surface area contributed by atoms with Gasteiger partial charge in [-0.3, -0.25) is 0 Å². The van der Waals surface area contributed by atoms with Crippen LogP contribution in [0, 0.1) is 0 Å². The first-order valence-corrected chi connectivity index (χ1v) is 8.51. The quantitative estimate of drug-likeness (QED) is 0.675. The van der Waals surface area contributed by atoms with Crippen LogP contribution in [0.3, 0.4) is 0 Å². The Morgan fingerprint density at radius 3 is 2.35 bits per heavy atom. The van der Waals surface area contributed by atoms with Crippen molar-refractivity contribution < 1.29 is 8.42 Å². The van der Waals surface area contributed by atoms with Gasteiger partial charge in [0, 0.05) is 5.02 Å². The zero-order chi connectivity index (χ0) is 14.8. The zero-order valence-electron chi connectivity index (χ0n) is 10.3. The lowest BCUT2D eigenvalue weighted by atomic mass is 10.3. The summed E-state index contributed by atoms with van der Waals surface area (Å²) in [7, 11) is -3.70. The molecule has 0 saturated heterocycles. The Labute approximate surface area is 131 Å². The molecule has 20 heavy (non-hydrogen) atoms. The predicted molar refractivity (Wildman–Crippen MR) is 83.3 cm³/mol. The van der Waals surface area contributed by atoms with Crippen molar-refractivity contribution in [2.24, 2.45) is 5.10 Å². The van der Waals surface area contributed by atoms with Crippen LogP contribution in [0.25, 0.3) is 0 Å². The highest BCUT2D eigenvalue weighted by atomic mass is 35.5. The van der Waals surface area contributed by atoms with E-state index in [2.05, 4.69) is 9.93 Å². The largest absolute Gasteiger partial charge is 0.276 e. The standard InChI is InChI=1S/C12H10Cl2N2O2S2/c1-8(11-6-7-12(14)19-11)15-16-20(17,18)10-4-2-9(13)3-5-10/h2-7,16H,1H3/b15-8-. The number of nitrogens with one attached hydrogen (secondary N) is 1. The van der Waals surface area contributed by atoms with Crippen LogP contribution in [-0.4, -0.2) is 14.1 Å². The van der Waals surface area contributed by atoms with Gasteiger partial charge >= 0.3 is 0 Å². The molecule has 0 aliphatic rings. The van der Waals surface area contributed by atoms with Gasteiger partial charge in [-0.15, -0.1) is 11.3 Å². The minimum absolute atomic E-state index is 0.0997. The smallest absolute Gasteiger partial charge is 0.200 e. The Morgan fingerprint density at radius 2 is 1.80 bits per heavy atom. The van der Waals surface area contributed by atoms with Crippen molar-refractivity contribution >= 4 is 50.3 Å². The molecule has 0 fully saturated rings. The molecule has 2 aromatic rings. The summed E-state index contributed by atoms with van der Waals surface area (Å²) in [6, 6.07) is 9.35. The normalized spacial score (nSPS) is 12.4. The topological polar surface area (TPSA) is 58.5 Å². The van der Waals surface area contributed by atoms with Crippen molar-refractivity contribution in [2.45, 2.75) is 11.8 Å². The highest BCUT2D eigenvalue weighted by molar-refractivity contribution is 7.89. The molecule has 1 aromatic heterocycles. The highest BCUT2D eigenvalue weighted by Gasteiger charge is 2.13. The Hall–Kier alpha value is -1.08. The third-order valence-electron chi connectivity index (χ3n) is 2.39. The summed E-state index contributed by atoms with van der Waals surface area (Å²) < 4.78 is 24.6. The average Bonchev–Trinajstić information content (AvgIpc) is 2.83. The molecule has 0 unspecified atom stereocenters. The first kappa shape index (κ1) is 15.3. The van der Waals surface area contributed by atoms with Gasteiger partial charge in [0.25, 0.3) is 10.0 Å². The van der Waals surface area contributed by atoms with Crippen LogP contribution in [0.4, 0.5) is 0 Å². The minimum atomic E-state index is -3.70. The molecule has 8 heteroatoms. The molecule has 1 aromatic carbocycles. The van der Waals surface area contributed by atoms with Gasteiger partial charge in [-0.2, -0.15) is 18.4 Å². The number of rotatable bonds is 4. The van der Waals surface area contributed by atoms with E-state index in [-0.39, 0.29) is 4.90 Å². The van der Waals surface area contributed by atoms with E-state index >= 15 is 0 Å². The van der Waals surface area contributed by atoms with Crippen LogP contribution in [-0.2, 0) is 10.0 Å². The van der Waals surface area contributed by atoms with E-state index in [9.17, 15) is 8.42 Å². The number of hydrazone groups is 1. The molecule has 0 saturated carbocycles. The fraction of sp³-hybridized carbons (Fsp3) is 0.0833. The van der Waals surface area contributed by atoms with Gasteiger partial charge in [0.05, 0.1) is 19.8 Å². The van der Waals surface area contributed by atoms with Gasteiger partial charge in [-0.05, 0) is 43.3 Å². The summed E-state index contributed by atoms with van der Waals surface area (Å²) in [5.41, 5.74) is 0.541. The Bertz CT molecular complexity index is 737. The van der Waals surface area contributed by atoms with Crippen molar-refractivity contribution in [3.8, 4) is 0 Å². The molecule has 106 valence electrons. The fourth-order valence-corrected chi connectivity index (χ4v) is 3.33. The maximum Gasteiger partial charge on any atom is 0.276 e. The summed E-state index contributed by atoms with van der Waals surface area (Å²) in [6.45, 7) is 1.70. The molecular formula is C12H10Cl2N2O2S2. The Balaban J connectivity index is 2.18. The van der Waals surface area contributed by atoms with Gasteiger partial charge in [-0.25, -0.2) is 0 Å². The summed E-state index contributed by atoms with van der Waals surface area (Å²) in [4.78, 5) is 3.08. The first-order valence-electron chi connectivity index (χ1n) is 5.46. The molecular weight excluding hydrogens is 339 g/mol. The van der Waals surface area contributed by atoms with E-state index in [1.54, 1.807) is 19.1 Å². The van der Waals surface area contributed by atoms with E-state index < -0.39 is 10.0 Å². The van der Waals surface area contributed by atoms with E-state index in [1.165, 1.54) is 35.6 Å². The van der Waals surface area contributed by atoms with Crippen LogP contribution in [0.1, 0.15) is 11.8 Å². The molecule has 0 atom stereocenters. The maximum atomic E-state index is 12.0. The van der Waals surface area contributed by atoms with E-state index in [0.717, 1.165) is 4.88 Å². The van der Waals surface area contributed by atoms with Gasteiger partial charge in [0.2, 0.25) is 0 Å². The van der Waals surface area contributed by atoms with E-state index in [4.69, 9.17) is 23.2 Å². The molecule has 0 bridgehead atoms. The summed E-state index contributed by atoms with van der Waals surface area (Å²) in [6.07, 6.45) is 0. The third kappa shape index (κ3) is 3.73. The van der Waals surface area contributed by atoms with Crippen molar-refractivity contribution in [3.63, 3.8) is 0 Å². The monoisotopic (exact) mass is 348 g/mol. The average molecular weight is 349 g/mol. The van der Waals surface area contributed by atoms with Crippen LogP contribution in [0.2, 0.25) is 9.36 Å². The summed E-state index contributed by atoms with van der Waals surface area (Å²) in [5.74, 6) is 0. The van der Waals surface area contributed by atoms with Gasteiger partial charge in [0.15, 0.2) is 0 Å². The second kappa shape index (κ2) is 6.13. The zero-order valence-corrected chi connectivity index (χ0v) is 13.4. The number of sulfonamides is 1. The molecule has 2 rings (SSSR count). The van der Waals surface area contributed by atoms with Crippen LogP contribution >= 0.6 is 34.5 Å². The van der Waals surface area contributed by atoms with Crippen LogP contribution < -0.4 is 4.83 Å². The molecule has 4 nitrogen and oxygen atoms in total. The lowest BCUT2D eigenvalue weighted by molar-refractivity contribution is 0.584. The number of benzene rings is 1. The van der Waals surface area contributed by atoms with Gasteiger partial charge in [-0.1, -0.05) is 23.2 Å². The number of nitrogens with zero attached hydrogens (tertiary/aromatic N) is 1. The third-order valence-corrected chi connectivity index (χ3v) is 5.20. The lowest BCUT2D eigenvalue weighted by Crippen LogP contribution is -2.19. The van der Waals surface area contributed by atoms with Crippen LogP contribution in [0.5, 0.6) is 0 Å². The highest BCUT2D eigenvalue weighted by Crippen LogP contribution is 2.22. The molecule has 1 N–H and O–H groups in total. The van der Waals surface area contributed by atoms with Crippen molar-refractivity contribution in [2.75, 3.05) is 0 Å². The van der Waals surface area contributed by atoms with Gasteiger partial charge in [0.1, 0.15) is 0 Å². The van der Waals surface area contributed by atoms with Crippen molar-refractivity contribution in [3.05, 3.63) is 50.6 Å². The molecule has 0 amide bonds. The number of hydrogen-bond donors (Lipinski definition) is 1. The Kier molecular flexibility index (Phi) is 4.70. The van der Waals surface area contributed by atoms with Crippen molar-refractivity contribution in [1.29, 1.82) is 0 Å². The van der Waals surface area contributed by atoms with Crippen molar-refractivity contribution in [1.82, 2.24) is 4.83 Å². The molecule has 0 aliphatic heterocycles. The molecule has 0 aliphatic carbocycles. The number of hydrogen-bond acceptors (Lipinski definition) is 4. The molecule has 0 spiro atoms. The molecule has 0 radical (unpaired) electrons. The van der Waals surface area contributed by atoms with E-state index in [1.807, 2.05) is 0 Å². The summed E-state index contributed by atoms with van der Waals surface area (Å²) >= 11 is 12.9. The van der Waals surface area contributed by atoms with E-state index in [0.29, 0.717) is 15.1 Å². The lowest BCUT2D eigenvalue weighted by Gasteiger charge is -2.04. The number of halogens is 2. The predicted octanol–water partition coefficient (Wildman–Crippen LogP) is 3.76. The first-order chi connectivity index (χ1) is 9.38. The number of thiophene rings is 1. The Morgan fingerprint density at radius 1 is 1.15 bits per heavy atom. The van der Waals surface area contributed by atoms with Crippen LogP contribution in [0.15, 0.2) is 46.4 Å². The fourth-order valence-electron chi connectivity index (χ4n) is 1.36. The second-order valence-electron chi connectivity index (χ2n) is 3.85. The molecule has 1 heterocycles. The minimum Gasteiger partial charge on any atom is -0.200 e. The SMILES string of the molecule is C/C(=N/NS(=O)(=O)c1ccc(Cl)cc1)c1ccc(Cl)s1. The second-order valence-corrected chi connectivity index (χ2v) is 7.66. The maximum absolute atomic E-state index is 12.0.